The number of methoxy groups -OCH3 is 1. The first kappa shape index (κ1) is 18.3. The lowest BCUT2D eigenvalue weighted by molar-refractivity contribution is -0.149. The van der Waals surface area contributed by atoms with Gasteiger partial charge >= 0.3 is 5.97 Å². The van der Waals surface area contributed by atoms with Crippen molar-refractivity contribution in [2.45, 2.75) is 39.2 Å². The molecule has 122 valence electrons. The van der Waals surface area contributed by atoms with Crippen LogP contribution in [0.2, 0.25) is 5.02 Å². The largest absolute Gasteiger partial charge is 0.496 e. The fraction of sp³-hybridized carbons (Fsp3) is 0.500. The standard InChI is InChI=1S/C16H22ClNO4/c1-5-10(2)16(3,15(20)21)18-14(19)8-11-6-7-12(17)9-13(11)22-4/h6-7,9-10H,5,8H2,1-4H3,(H,18,19)(H,20,21). The van der Waals surface area contributed by atoms with Crippen LogP contribution in [0.25, 0.3) is 0 Å². The Morgan fingerprint density at radius 1 is 1.45 bits per heavy atom. The summed E-state index contributed by atoms with van der Waals surface area (Å²) in [6, 6.07) is 4.98. The van der Waals surface area contributed by atoms with E-state index in [0.717, 1.165) is 0 Å². The lowest BCUT2D eigenvalue weighted by Gasteiger charge is -2.32. The van der Waals surface area contributed by atoms with Gasteiger partial charge in [-0.2, -0.15) is 0 Å². The topological polar surface area (TPSA) is 75.6 Å². The number of hydrogen-bond donors (Lipinski definition) is 2. The summed E-state index contributed by atoms with van der Waals surface area (Å²) in [5, 5.41) is 12.6. The molecule has 1 rings (SSSR count). The second-order valence-electron chi connectivity index (χ2n) is 5.50. The van der Waals surface area contributed by atoms with Crippen molar-refractivity contribution in [1.29, 1.82) is 0 Å². The van der Waals surface area contributed by atoms with E-state index in [2.05, 4.69) is 5.32 Å². The number of hydrogen-bond acceptors (Lipinski definition) is 3. The van der Waals surface area contributed by atoms with Crippen molar-refractivity contribution in [3.63, 3.8) is 0 Å². The van der Waals surface area contributed by atoms with Crippen LogP contribution in [0.15, 0.2) is 18.2 Å². The van der Waals surface area contributed by atoms with Crippen LogP contribution >= 0.6 is 11.6 Å². The van der Waals surface area contributed by atoms with Gasteiger partial charge in [0.15, 0.2) is 0 Å². The highest BCUT2D eigenvalue weighted by atomic mass is 35.5. The predicted octanol–water partition coefficient (Wildman–Crippen LogP) is 2.90. The molecule has 2 N–H and O–H groups in total. The molecule has 0 heterocycles. The molecule has 0 spiro atoms. The Balaban J connectivity index is 2.91. The van der Waals surface area contributed by atoms with Crippen molar-refractivity contribution < 1.29 is 19.4 Å². The maximum absolute atomic E-state index is 12.2. The number of benzene rings is 1. The van der Waals surface area contributed by atoms with Crippen LogP contribution < -0.4 is 10.1 Å². The number of nitrogens with one attached hydrogen (secondary N) is 1. The fourth-order valence-corrected chi connectivity index (χ4v) is 2.33. The third-order valence-electron chi connectivity index (χ3n) is 4.04. The maximum Gasteiger partial charge on any atom is 0.329 e. The second kappa shape index (κ2) is 7.49. The normalized spacial score (nSPS) is 14.8. The van der Waals surface area contributed by atoms with Crippen LogP contribution in [-0.4, -0.2) is 29.6 Å². The third kappa shape index (κ3) is 4.13. The molecule has 0 bridgehead atoms. The molecule has 0 radical (unpaired) electrons. The van der Waals surface area contributed by atoms with E-state index in [1.807, 2.05) is 6.92 Å². The van der Waals surface area contributed by atoms with Crippen LogP contribution in [-0.2, 0) is 16.0 Å². The fourth-order valence-electron chi connectivity index (χ4n) is 2.17. The van der Waals surface area contributed by atoms with E-state index < -0.39 is 11.5 Å². The molecule has 0 aliphatic carbocycles. The van der Waals surface area contributed by atoms with Gasteiger partial charge in [0.05, 0.1) is 13.5 Å². The number of amides is 1. The van der Waals surface area contributed by atoms with Crippen molar-refractivity contribution in [3.05, 3.63) is 28.8 Å². The Morgan fingerprint density at radius 3 is 2.59 bits per heavy atom. The van der Waals surface area contributed by atoms with Gasteiger partial charge in [-0.3, -0.25) is 4.79 Å². The molecule has 0 fully saturated rings. The average Bonchev–Trinajstić information content (AvgIpc) is 2.47. The molecule has 0 aliphatic rings. The minimum Gasteiger partial charge on any atom is -0.496 e. The molecule has 22 heavy (non-hydrogen) atoms. The molecule has 6 heteroatoms. The highest BCUT2D eigenvalue weighted by Crippen LogP contribution is 2.25. The minimum absolute atomic E-state index is 0.0274. The Bertz CT molecular complexity index is 561. The Labute approximate surface area is 135 Å². The molecule has 2 atom stereocenters. The van der Waals surface area contributed by atoms with E-state index in [1.54, 1.807) is 25.1 Å². The zero-order valence-electron chi connectivity index (χ0n) is 13.3. The van der Waals surface area contributed by atoms with Gasteiger partial charge in [0, 0.05) is 10.6 Å². The highest BCUT2D eigenvalue weighted by molar-refractivity contribution is 6.30. The number of halogens is 1. The van der Waals surface area contributed by atoms with Crippen LogP contribution in [0, 0.1) is 5.92 Å². The molecule has 5 nitrogen and oxygen atoms in total. The number of ether oxygens (including phenoxy) is 1. The van der Waals surface area contributed by atoms with Gasteiger partial charge in [-0.15, -0.1) is 0 Å². The molecular weight excluding hydrogens is 306 g/mol. The number of aliphatic carboxylic acids is 1. The Morgan fingerprint density at radius 2 is 2.09 bits per heavy atom. The van der Waals surface area contributed by atoms with Crippen LogP contribution in [0.3, 0.4) is 0 Å². The van der Waals surface area contributed by atoms with Gasteiger partial charge < -0.3 is 15.2 Å². The zero-order chi connectivity index (χ0) is 16.9. The van der Waals surface area contributed by atoms with E-state index in [4.69, 9.17) is 16.3 Å². The van der Waals surface area contributed by atoms with Crippen molar-refractivity contribution in [1.82, 2.24) is 5.32 Å². The first-order chi connectivity index (χ1) is 10.2. The average molecular weight is 328 g/mol. The quantitative estimate of drug-likeness (QED) is 0.807. The molecule has 2 unspecified atom stereocenters. The molecule has 1 aromatic rings. The highest BCUT2D eigenvalue weighted by Gasteiger charge is 2.39. The van der Waals surface area contributed by atoms with Crippen LogP contribution in [0.4, 0.5) is 0 Å². The number of carboxylic acids is 1. The SMILES string of the molecule is CCC(C)C(C)(NC(=O)Cc1ccc(Cl)cc1OC)C(=O)O. The maximum atomic E-state index is 12.2. The Hall–Kier alpha value is -1.75. The summed E-state index contributed by atoms with van der Waals surface area (Å²) in [5.74, 6) is -1.10. The van der Waals surface area contributed by atoms with E-state index in [1.165, 1.54) is 14.0 Å². The van der Waals surface area contributed by atoms with Gasteiger partial charge in [-0.25, -0.2) is 4.79 Å². The summed E-state index contributed by atoms with van der Waals surface area (Å²) < 4.78 is 5.19. The van der Waals surface area contributed by atoms with E-state index >= 15 is 0 Å². The van der Waals surface area contributed by atoms with Gasteiger partial charge in [0.2, 0.25) is 5.91 Å². The van der Waals surface area contributed by atoms with Crippen LogP contribution in [0.5, 0.6) is 5.75 Å². The summed E-state index contributed by atoms with van der Waals surface area (Å²) in [5.41, 5.74) is -0.646. The third-order valence-corrected chi connectivity index (χ3v) is 4.28. The van der Waals surface area contributed by atoms with E-state index in [9.17, 15) is 14.7 Å². The summed E-state index contributed by atoms with van der Waals surface area (Å²) in [7, 11) is 1.49. The lowest BCUT2D eigenvalue weighted by Crippen LogP contribution is -2.56. The predicted molar refractivity (Wildman–Crippen MR) is 85.3 cm³/mol. The monoisotopic (exact) mass is 327 g/mol. The van der Waals surface area contributed by atoms with Crippen molar-refractivity contribution >= 4 is 23.5 Å². The summed E-state index contributed by atoms with van der Waals surface area (Å²) in [6.45, 7) is 5.22. The van der Waals surface area contributed by atoms with Crippen molar-refractivity contribution in [2.24, 2.45) is 5.92 Å². The van der Waals surface area contributed by atoms with E-state index in [-0.39, 0.29) is 18.2 Å². The first-order valence-corrected chi connectivity index (χ1v) is 7.49. The van der Waals surface area contributed by atoms with Gasteiger partial charge in [-0.05, 0) is 25.0 Å². The first-order valence-electron chi connectivity index (χ1n) is 7.11. The zero-order valence-corrected chi connectivity index (χ0v) is 14.0. The molecule has 1 aromatic carbocycles. The number of rotatable bonds is 7. The number of carbonyl (C=O) groups excluding carboxylic acids is 1. The molecule has 1 amide bonds. The second-order valence-corrected chi connectivity index (χ2v) is 5.93. The van der Waals surface area contributed by atoms with Gasteiger partial charge in [-0.1, -0.05) is 37.9 Å². The Kier molecular flexibility index (Phi) is 6.23. The molecule has 0 saturated heterocycles. The molecule has 0 aliphatic heterocycles. The van der Waals surface area contributed by atoms with Gasteiger partial charge in [0.1, 0.15) is 11.3 Å². The summed E-state index contributed by atoms with van der Waals surface area (Å²) in [4.78, 5) is 23.8. The lowest BCUT2D eigenvalue weighted by atomic mass is 9.85. The van der Waals surface area contributed by atoms with Crippen LogP contribution in [0.1, 0.15) is 32.8 Å². The van der Waals surface area contributed by atoms with Crippen molar-refractivity contribution in [3.8, 4) is 5.75 Å². The van der Waals surface area contributed by atoms with Crippen molar-refractivity contribution in [2.75, 3.05) is 7.11 Å². The number of carboxylic acid groups (broad SMARTS) is 1. The summed E-state index contributed by atoms with van der Waals surface area (Å²) in [6.07, 6.45) is 0.674. The summed E-state index contributed by atoms with van der Waals surface area (Å²) >= 11 is 5.88. The minimum atomic E-state index is -1.30. The molecular formula is C16H22ClNO4. The molecule has 0 saturated carbocycles. The number of carbonyl (C=O) groups is 2. The molecule has 0 aromatic heterocycles. The van der Waals surface area contributed by atoms with E-state index in [0.29, 0.717) is 22.8 Å². The van der Waals surface area contributed by atoms with Gasteiger partial charge in [0.25, 0.3) is 0 Å². The smallest absolute Gasteiger partial charge is 0.329 e.